The molecule has 0 atom stereocenters. The first-order valence-corrected chi connectivity index (χ1v) is 13.8. The predicted octanol–water partition coefficient (Wildman–Crippen LogP) is 5.27. The maximum Gasteiger partial charge on any atom is 0.294 e. The molecule has 2 N–H and O–H groups in total. The lowest BCUT2D eigenvalue weighted by molar-refractivity contribution is -0.127. The Labute approximate surface area is 247 Å². The van der Waals surface area contributed by atoms with Crippen molar-refractivity contribution in [1.82, 2.24) is 9.47 Å². The van der Waals surface area contributed by atoms with Gasteiger partial charge in [-0.1, -0.05) is 18.2 Å². The highest BCUT2D eigenvalue weighted by Gasteiger charge is 2.37. The Morgan fingerprint density at radius 2 is 1.72 bits per heavy atom. The second-order valence-corrected chi connectivity index (χ2v) is 10.7. The van der Waals surface area contributed by atoms with Gasteiger partial charge in [-0.25, -0.2) is 8.78 Å². The minimum atomic E-state index is -0.987. The Kier molecular flexibility index (Phi) is 7.32. The molecule has 0 radical (unpaired) electrons. The van der Waals surface area contributed by atoms with E-state index in [0.717, 1.165) is 27.9 Å². The number of aromatic nitrogens is 1. The summed E-state index contributed by atoms with van der Waals surface area (Å²) < 4.78 is 39.6. The summed E-state index contributed by atoms with van der Waals surface area (Å²) in [5.74, 6) is -2.47. The molecule has 13 heteroatoms. The summed E-state index contributed by atoms with van der Waals surface area (Å²) in [6.45, 7) is 1.23. The minimum Gasteiger partial charge on any atom is -0.454 e. The maximum absolute atomic E-state index is 13.9. The molecule has 4 aromatic rings. The van der Waals surface area contributed by atoms with Crippen LogP contribution in [0.1, 0.15) is 11.3 Å². The molecule has 43 heavy (non-hydrogen) atoms. The van der Waals surface area contributed by atoms with Gasteiger partial charge < -0.3 is 24.7 Å². The van der Waals surface area contributed by atoms with E-state index >= 15 is 0 Å². The van der Waals surface area contributed by atoms with Crippen molar-refractivity contribution in [1.29, 1.82) is 0 Å². The second kappa shape index (κ2) is 11.2. The monoisotopic (exact) mass is 604 g/mol. The van der Waals surface area contributed by atoms with E-state index in [4.69, 9.17) is 9.47 Å². The van der Waals surface area contributed by atoms with Gasteiger partial charge in [0.25, 0.3) is 11.1 Å². The van der Waals surface area contributed by atoms with Crippen molar-refractivity contribution in [2.45, 2.75) is 13.5 Å². The summed E-state index contributed by atoms with van der Waals surface area (Å²) in [5.41, 5.74) is 2.32. The topological polar surface area (TPSA) is 119 Å². The molecule has 6 rings (SSSR count). The number of ether oxygens (including phenoxy) is 2. The number of fused-ring (bicyclic) bond motifs is 2. The third-order valence-electron chi connectivity index (χ3n) is 6.89. The fourth-order valence-electron chi connectivity index (χ4n) is 4.85. The molecule has 218 valence electrons. The molecule has 1 aromatic heterocycles. The Bertz CT molecular complexity index is 1870. The normalized spacial score (nSPS) is 15.0. The zero-order valence-electron chi connectivity index (χ0n) is 22.5. The number of hydrogen-bond donors (Lipinski definition) is 2. The zero-order chi connectivity index (χ0) is 30.2. The number of anilines is 2. The predicted molar refractivity (Wildman–Crippen MR) is 156 cm³/mol. The highest BCUT2D eigenvalue weighted by atomic mass is 32.2. The van der Waals surface area contributed by atoms with E-state index in [9.17, 15) is 28.0 Å². The van der Waals surface area contributed by atoms with E-state index in [1.807, 2.05) is 24.3 Å². The van der Waals surface area contributed by atoms with E-state index in [2.05, 4.69) is 10.6 Å². The van der Waals surface area contributed by atoms with E-state index in [1.54, 1.807) is 35.8 Å². The summed E-state index contributed by atoms with van der Waals surface area (Å²) in [7, 11) is 0. The number of nitrogens with zero attached hydrogens (tertiary/aromatic N) is 2. The molecule has 0 aliphatic carbocycles. The Morgan fingerprint density at radius 1 is 0.953 bits per heavy atom. The van der Waals surface area contributed by atoms with E-state index in [-0.39, 0.29) is 29.8 Å². The number of thioether (sulfide) groups is 1. The molecular weight excluding hydrogens is 582 g/mol. The van der Waals surface area contributed by atoms with Crippen LogP contribution in [0.15, 0.2) is 65.6 Å². The number of hydrogen-bond acceptors (Lipinski definition) is 7. The minimum absolute atomic E-state index is 0.0315. The van der Waals surface area contributed by atoms with Crippen LogP contribution in [0.3, 0.4) is 0 Å². The number of amides is 4. The maximum atomic E-state index is 13.9. The Hall–Kier alpha value is -5.17. The smallest absolute Gasteiger partial charge is 0.294 e. The van der Waals surface area contributed by atoms with Crippen molar-refractivity contribution in [2.75, 3.05) is 24.0 Å². The van der Waals surface area contributed by atoms with Gasteiger partial charge >= 0.3 is 0 Å². The van der Waals surface area contributed by atoms with E-state index < -0.39 is 35.2 Å². The second-order valence-electron chi connectivity index (χ2n) is 9.66. The average Bonchev–Trinajstić information content (AvgIpc) is 3.62. The van der Waals surface area contributed by atoms with Crippen LogP contribution < -0.4 is 20.1 Å². The molecule has 1 saturated heterocycles. The van der Waals surface area contributed by atoms with Crippen molar-refractivity contribution in [3.8, 4) is 11.5 Å². The molecule has 0 bridgehead atoms. The van der Waals surface area contributed by atoms with Crippen LogP contribution in [-0.2, 0) is 20.9 Å². The van der Waals surface area contributed by atoms with Gasteiger partial charge in [0.15, 0.2) is 11.5 Å². The number of carbonyl (C=O) groups excluding carboxylic acids is 4. The van der Waals surface area contributed by atoms with Gasteiger partial charge in [-0.3, -0.25) is 24.1 Å². The number of benzene rings is 3. The summed E-state index contributed by atoms with van der Waals surface area (Å²) in [5, 5.41) is 5.18. The average molecular weight is 605 g/mol. The summed E-state index contributed by atoms with van der Waals surface area (Å²) in [4.78, 5) is 52.2. The number of carbonyl (C=O) groups is 4. The number of imide groups is 1. The number of para-hydroxylation sites is 1. The summed E-state index contributed by atoms with van der Waals surface area (Å²) in [6.07, 6.45) is 1.56. The van der Waals surface area contributed by atoms with Crippen molar-refractivity contribution in [3.63, 3.8) is 0 Å². The van der Waals surface area contributed by atoms with Crippen LogP contribution in [0.4, 0.5) is 25.0 Å². The molecule has 0 spiro atoms. The number of halogens is 2. The molecule has 3 aromatic carbocycles. The van der Waals surface area contributed by atoms with E-state index in [1.165, 1.54) is 0 Å². The van der Waals surface area contributed by atoms with Crippen LogP contribution in [-0.4, -0.2) is 45.8 Å². The lowest BCUT2D eigenvalue weighted by Crippen LogP contribution is -2.36. The van der Waals surface area contributed by atoms with Gasteiger partial charge in [0.2, 0.25) is 18.6 Å². The summed E-state index contributed by atoms with van der Waals surface area (Å²) in [6, 6.07) is 15.1. The molecule has 4 amide bonds. The van der Waals surface area contributed by atoms with Crippen molar-refractivity contribution >= 4 is 63.1 Å². The van der Waals surface area contributed by atoms with Gasteiger partial charge in [-0.05, 0) is 55.1 Å². The number of nitrogens with one attached hydrogen (secondary N) is 2. The highest BCUT2D eigenvalue weighted by Crippen LogP contribution is 2.36. The van der Waals surface area contributed by atoms with Crippen molar-refractivity contribution in [3.05, 3.63) is 88.5 Å². The first kappa shape index (κ1) is 28.0. The fourth-order valence-corrected chi connectivity index (χ4v) is 5.67. The zero-order valence-corrected chi connectivity index (χ0v) is 23.3. The van der Waals surface area contributed by atoms with Gasteiger partial charge in [-0.15, -0.1) is 0 Å². The van der Waals surface area contributed by atoms with Gasteiger partial charge in [0, 0.05) is 40.0 Å². The molecule has 2 aliphatic heterocycles. The van der Waals surface area contributed by atoms with Gasteiger partial charge in [0.1, 0.15) is 24.7 Å². The fraction of sp³-hybridized carbons (Fsp3) is 0.133. The molecule has 10 nitrogen and oxygen atoms in total. The standard InChI is InChI=1S/C30H22F2N4O6S/c1-16-20(12-26-29(39)36(30(40)43-26)14-28(38)34-22-8-6-17(31)10-21(22)32)19-4-2-3-5-23(19)35(16)13-27(37)33-18-7-9-24-25(11-18)42-15-41-24/h2-12H,13-15H2,1H3,(H,33,37)(H,34,38)/b26-12-. The van der Waals surface area contributed by atoms with Gasteiger partial charge in [0.05, 0.1) is 10.6 Å². The van der Waals surface area contributed by atoms with Crippen LogP contribution in [0.25, 0.3) is 17.0 Å². The van der Waals surface area contributed by atoms with E-state index in [0.29, 0.717) is 46.3 Å². The first-order valence-electron chi connectivity index (χ1n) is 13.0. The molecule has 0 unspecified atom stereocenters. The van der Waals surface area contributed by atoms with Crippen LogP contribution in [0.2, 0.25) is 0 Å². The van der Waals surface area contributed by atoms with Crippen LogP contribution >= 0.6 is 11.8 Å². The number of rotatable bonds is 7. The van der Waals surface area contributed by atoms with Crippen LogP contribution in [0.5, 0.6) is 11.5 Å². The third-order valence-corrected chi connectivity index (χ3v) is 7.80. The largest absolute Gasteiger partial charge is 0.454 e. The molecule has 3 heterocycles. The molecule has 1 fully saturated rings. The van der Waals surface area contributed by atoms with Crippen molar-refractivity contribution in [2.24, 2.45) is 0 Å². The van der Waals surface area contributed by atoms with Crippen molar-refractivity contribution < 1.29 is 37.4 Å². The SMILES string of the molecule is Cc1c(/C=C2\SC(=O)N(CC(=O)Nc3ccc(F)cc3F)C2=O)c2ccccc2n1CC(=O)Nc1ccc2c(c1)OCO2. The molecular formula is C30H22F2N4O6S. The van der Waals surface area contributed by atoms with Crippen LogP contribution in [0, 0.1) is 18.6 Å². The van der Waals surface area contributed by atoms with Gasteiger partial charge in [-0.2, -0.15) is 0 Å². The third kappa shape index (κ3) is 5.54. The lowest BCUT2D eigenvalue weighted by atomic mass is 10.1. The molecule has 2 aliphatic rings. The lowest BCUT2D eigenvalue weighted by Gasteiger charge is -2.12. The Balaban J connectivity index is 1.21. The highest BCUT2D eigenvalue weighted by molar-refractivity contribution is 8.18. The first-order chi connectivity index (χ1) is 20.7. The Morgan fingerprint density at radius 3 is 2.53 bits per heavy atom. The quantitative estimate of drug-likeness (QED) is 0.276. The molecule has 0 saturated carbocycles. The summed E-state index contributed by atoms with van der Waals surface area (Å²) >= 11 is 0.666.